The zero-order chi connectivity index (χ0) is 21.3. The molecule has 2 N–H and O–H groups in total. The smallest absolute Gasteiger partial charge is 0.295 e. The van der Waals surface area contributed by atoms with Gasteiger partial charge in [-0.25, -0.2) is 0 Å². The third-order valence-electron chi connectivity index (χ3n) is 5.35. The minimum atomic E-state index is -0.749. The quantitative estimate of drug-likeness (QED) is 0.373. The molecule has 1 atom stereocenters. The summed E-state index contributed by atoms with van der Waals surface area (Å²) in [5.74, 6) is -1.25. The highest BCUT2D eigenvalue weighted by atomic mass is 16.5. The average Bonchev–Trinajstić information content (AvgIpc) is 3.30. The molecule has 2 aromatic carbocycles. The van der Waals surface area contributed by atoms with Crippen molar-refractivity contribution in [3.63, 3.8) is 0 Å². The summed E-state index contributed by atoms with van der Waals surface area (Å²) in [5.41, 5.74) is 2.00. The first-order valence-electron chi connectivity index (χ1n) is 9.55. The summed E-state index contributed by atoms with van der Waals surface area (Å²) in [5, 5.41) is 12.0. The van der Waals surface area contributed by atoms with Crippen LogP contribution in [-0.4, -0.2) is 54.1 Å². The first-order valence-corrected chi connectivity index (χ1v) is 9.55. The number of H-pyrrole nitrogens is 1. The Labute approximate surface area is 173 Å². The van der Waals surface area contributed by atoms with Crippen LogP contribution in [0, 0.1) is 0 Å². The van der Waals surface area contributed by atoms with Crippen LogP contribution in [0.2, 0.25) is 0 Å². The molecule has 4 rings (SSSR count). The van der Waals surface area contributed by atoms with Crippen LogP contribution in [-0.2, 0) is 14.3 Å². The monoisotopic (exact) mass is 406 g/mol. The second-order valence-corrected chi connectivity index (χ2v) is 6.98. The van der Waals surface area contributed by atoms with E-state index in [4.69, 9.17) is 9.47 Å². The molecule has 0 aliphatic carbocycles. The van der Waals surface area contributed by atoms with Crippen LogP contribution in [0.3, 0.4) is 0 Å². The first-order chi connectivity index (χ1) is 14.6. The van der Waals surface area contributed by atoms with E-state index in [-0.39, 0.29) is 24.5 Å². The van der Waals surface area contributed by atoms with Gasteiger partial charge in [0.1, 0.15) is 11.5 Å². The number of carbonyl (C=O) groups is 2. The van der Waals surface area contributed by atoms with Crippen molar-refractivity contribution in [2.75, 3.05) is 27.4 Å². The van der Waals surface area contributed by atoms with E-state index < -0.39 is 17.7 Å². The van der Waals surface area contributed by atoms with Gasteiger partial charge in [0.25, 0.3) is 11.7 Å². The SMILES string of the molecule is COCCN1C(=O)C(=O)/C(=C(/O)c2ccccc2OC)C1c1c[nH]c2ccccc12. The number of rotatable bonds is 6. The fraction of sp³-hybridized carbons (Fsp3) is 0.217. The molecule has 3 aromatic rings. The molecule has 0 saturated carbocycles. The van der Waals surface area contributed by atoms with Gasteiger partial charge in [-0.3, -0.25) is 9.59 Å². The minimum absolute atomic E-state index is 0.0327. The molecule has 154 valence electrons. The highest BCUT2D eigenvalue weighted by molar-refractivity contribution is 6.46. The lowest BCUT2D eigenvalue weighted by Gasteiger charge is -2.24. The number of aromatic amines is 1. The standard InChI is InChI=1S/C23H22N2O5/c1-29-12-11-25-20(16-13-24-17-9-5-3-7-14(16)17)19(22(27)23(25)28)21(26)15-8-4-6-10-18(15)30-2/h3-10,13,20,24,26H,11-12H2,1-2H3/b21-19+. The van der Waals surface area contributed by atoms with Gasteiger partial charge in [0, 0.05) is 36.3 Å². The Balaban J connectivity index is 1.95. The number of aliphatic hydroxyl groups is 1. The number of aromatic nitrogens is 1. The Hall–Kier alpha value is -3.58. The van der Waals surface area contributed by atoms with Crippen LogP contribution in [0.1, 0.15) is 17.2 Å². The molecule has 0 radical (unpaired) electrons. The van der Waals surface area contributed by atoms with E-state index in [2.05, 4.69) is 4.98 Å². The highest BCUT2D eigenvalue weighted by Crippen LogP contribution is 2.42. The molecule has 0 bridgehead atoms. The van der Waals surface area contributed by atoms with Gasteiger partial charge in [0.15, 0.2) is 0 Å². The molecule has 1 aliphatic heterocycles. The van der Waals surface area contributed by atoms with Crippen LogP contribution in [0.15, 0.2) is 60.3 Å². The van der Waals surface area contributed by atoms with Gasteiger partial charge in [-0.1, -0.05) is 30.3 Å². The number of fused-ring (bicyclic) bond motifs is 1. The first kappa shape index (κ1) is 19.7. The Bertz CT molecular complexity index is 1150. The van der Waals surface area contributed by atoms with Crippen molar-refractivity contribution in [1.29, 1.82) is 0 Å². The number of nitrogens with one attached hydrogen (secondary N) is 1. The molecule has 30 heavy (non-hydrogen) atoms. The minimum Gasteiger partial charge on any atom is -0.507 e. The number of amides is 1. The lowest BCUT2D eigenvalue weighted by Crippen LogP contribution is -2.32. The Morgan fingerprint density at radius 1 is 1.10 bits per heavy atom. The zero-order valence-electron chi connectivity index (χ0n) is 16.7. The summed E-state index contributed by atoms with van der Waals surface area (Å²) in [6.07, 6.45) is 1.77. The predicted octanol–water partition coefficient (Wildman–Crippen LogP) is 3.24. The van der Waals surface area contributed by atoms with E-state index in [1.165, 1.54) is 19.1 Å². The van der Waals surface area contributed by atoms with Crippen LogP contribution < -0.4 is 4.74 Å². The Morgan fingerprint density at radius 2 is 1.83 bits per heavy atom. The van der Waals surface area contributed by atoms with Crippen molar-refractivity contribution < 1.29 is 24.2 Å². The molecule has 1 amide bonds. The normalized spacial score (nSPS) is 18.3. The Kier molecular flexibility index (Phi) is 5.29. The second kappa shape index (κ2) is 8.04. The zero-order valence-corrected chi connectivity index (χ0v) is 16.7. The number of aliphatic hydroxyl groups excluding tert-OH is 1. The van der Waals surface area contributed by atoms with E-state index >= 15 is 0 Å². The molecule has 1 unspecified atom stereocenters. The van der Waals surface area contributed by atoms with Gasteiger partial charge >= 0.3 is 0 Å². The van der Waals surface area contributed by atoms with Crippen LogP contribution in [0.4, 0.5) is 0 Å². The number of hydrogen-bond donors (Lipinski definition) is 2. The maximum Gasteiger partial charge on any atom is 0.295 e. The lowest BCUT2D eigenvalue weighted by molar-refractivity contribution is -0.140. The van der Waals surface area contributed by atoms with Gasteiger partial charge in [0.05, 0.1) is 30.9 Å². The van der Waals surface area contributed by atoms with Crippen molar-refractivity contribution in [3.8, 4) is 5.75 Å². The summed E-state index contributed by atoms with van der Waals surface area (Å²) >= 11 is 0. The van der Waals surface area contributed by atoms with Crippen molar-refractivity contribution in [2.45, 2.75) is 6.04 Å². The number of benzene rings is 2. The number of para-hydroxylation sites is 2. The number of Topliss-reactive ketones (excluding diaryl/α,β-unsaturated/α-hetero) is 1. The van der Waals surface area contributed by atoms with Gasteiger partial charge in [-0.05, 0) is 18.2 Å². The van der Waals surface area contributed by atoms with E-state index in [1.807, 2.05) is 24.3 Å². The van der Waals surface area contributed by atoms with Gasteiger partial charge in [-0.2, -0.15) is 0 Å². The van der Waals surface area contributed by atoms with E-state index in [9.17, 15) is 14.7 Å². The largest absolute Gasteiger partial charge is 0.507 e. The molecule has 1 saturated heterocycles. The highest BCUT2D eigenvalue weighted by Gasteiger charge is 2.46. The van der Waals surface area contributed by atoms with Crippen molar-refractivity contribution in [2.24, 2.45) is 0 Å². The summed E-state index contributed by atoms with van der Waals surface area (Å²) in [6.45, 7) is 0.481. The molecule has 2 heterocycles. The maximum absolute atomic E-state index is 13.0. The summed E-state index contributed by atoms with van der Waals surface area (Å²) < 4.78 is 10.5. The number of ether oxygens (including phenoxy) is 2. The topological polar surface area (TPSA) is 91.9 Å². The van der Waals surface area contributed by atoms with E-state index in [1.54, 1.807) is 30.5 Å². The third kappa shape index (κ3) is 3.13. The Morgan fingerprint density at radius 3 is 2.60 bits per heavy atom. The van der Waals surface area contributed by atoms with Crippen LogP contribution in [0.25, 0.3) is 16.7 Å². The van der Waals surface area contributed by atoms with Crippen LogP contribution in [0.5, 0.6) is 5.75 Å². The van der Waals surface area contributed by atoms with E-state index in [0.717, 1.165) is 16.5 Å². The van der Waals surface area contributed by atoms with Gasteiger partial charge in [-0.15, -0.1) is 0 Å². The number of ketones is 1. The third-order valence-corrected chi connectivity index (χ3v) is 5.35. The molecular formula is C23H22N2O5. The molecule has 7 nitrogen and oxygen atoms in total. The average molecular weight is 406 g/mol. The van der Waals surface area contributed by atoms with Crippen molar-refractivity contribution in [3.05, 3.63) is 71.4 Å². The molecule has 0 spiro atoms. The fourth-order valence-electron chi connectivity index (χ4n) is 3.93. The summed E-state index contributed by atoms with van der Waals surface area (Å²) in [7, 11) is 3.02. The fourth-order valence-corrected chi connectivity index (χ4v) is 3.93. The maximum atomic E-state index is 13.0. The van der Waals surface area contributed by atoms with Crippen molar-refractivity contribution >= 4 is 28.4 Å². The molecular weight excluding hydrogens is 384 g/mol. The molecule has 1 aliphatic rings. The number of methoxy groups -OCH3 is 2. The van der Waals surface area contributed by atoms with Gasteiger partial charge in [0.2, 0.25) is 0 Å². The second-order valence-electron chi connectivity index (χ2n) is 6.98. The lowest BCUT2D eigenvalue weighted by atomic mass is 9.94. The van der Waals surface area contributed by atoms with Gasteiger partial charge < -0.3 is 24.5 Å². The number of nitrogens with zero attached hydrogens (tertiary/aromatic N) is 1. The summed E-state index contributed by atoms with van der Waals surface area (Å²) in [6, 6.07) is 13.7. The summed E-state index contributed by atoms with van der Waals surface area (Å²) in [4.78, 5) is 30.6. The number of likely N-dealkylation sites (tertiary alicyclic amines) is 1. The molecule has 7 heteroatoms. The number of hydrogen-bond acceptors (Lipinski definition) is 5. The molecule has 1 aromatic heterocycles. The number of carbonyl (C=O) groups excluding carboxylic acids is 2. The van der Waals surface area contributed by atoms with E-state index in [0.29, 0.717) is 11.3 Å². The molecule has 1 fully saturated rings. The van der Waals surface area contributed by atoms with Crippen LogP contribution >= 0.6 is 0 Å². The predicted molar refractivity (Wildman–Crippen MR) is 112 cm³/mol. The van der Waals surface area contributed by atoms with Crippen molar-refractivity contribution in [1.82, 2.24) is 9.88 Å².